The first kappa shape index (κ1) is 20.4. The molecule has 2 aliphatic heterocycles. The van der Waals surface area contributed by atoms with Gasteiger partial charge in [0.15, 0.2) is 0 Å². The van der Waals surface area contributed by atoms with Gasteiger partial charge in [-0.2, -0.15) is 0 Å². The molecular weight excluding hydrogens is 376 g/mol. The van der Waals surface area contributed by atoms with Gasteiger partial charge in [-0.25, -0.2) is 0 Å². The van der Waals surface area contributed by atoms with E-state index in [1.807, 2.05) is 41.3 Å². The molecule has 2 fully saturated rings. The van der Waals surface area contributed by atoms with Gasteiger partial charge in [-0.1, -0.05) is 19.1 Å². The highest BCUT2D eigenvalue weighted by Crippen LogP contribution is 2.21. The number of anilines is 2. The number of carbonyl (C=O) groups excluding carboxylic acids is 2. The second-order valence-corrected chi connectivity index (χ2v) is 8.04. The molecule has 2 saturated heterocycles. The van der Waals surface area contributed by atoms with E-state index in [1.54, 1.807) is 0 Å². The van der Waals surface area contributed by atoms with Crippen LogP contribution in [0.3, 0.4) is 0 Å². The van der Waals surface area contributed by atoms with Crippen LogP contribution in [0, 0.1) is 0 Å². The Balaban J connectivity index is 1.36. The smallest absolute Gasteiger partial charge is 0.255 e. The topological polar surface area (TPSA) is 55.9 Å². The van der Waals surface area contributed by atoms with E-state index in [0.717, 1.165) is 56.9 Å². The van der Waals surface area contributed by atoms with Gasteiger partial charge in [0.25, 0.3) is 5.91 Å². The Hall–Kier alpha value is -2.86. The number of rotatable bonds is 6. The zero-order valence-corrected chi connectivity index (χ0v) is 17.6. The van der Waals surface area contributed by atoms with Crippen molar-refractivity contribution in [1.82, 2.24) is 9.80 Å². The molecule has 2 heterocycles. The fourth-order valence-electron chi connectivity index (χ4n) is 4.18. The first-order valence-corrected chi connectivity index (χ1v) is 10.9. The minimum absolute atomic E-state index is 0.131. The monoisotopic (exact) mass is 406 g/mol. The third-order valence-corrected chi connectivity index (χ3v) is 6.04. The summed E-state index contributed by atoms with van der Waals surface area (Å²) in [6, 6.07) is 15.6. The minimum atomic E-state index is -0.131. The Morgan fingerprint density at radius 3 is 2.43 bits per heavy atom. The molecule has 6 heteroatoms. The van der Waals surface area contributed by atoms with E-state index in [2.05, 4.69) is 34.2 Å². The molecule has 0 radical (unpaired) electrons. The number of carbonyl (C=O) groups is 2. The Morgan fingerprint density at radius 1 is 1.00 bits per heavy atom. The molecule has 0 spiro atoms. The third-order valence-electron chi connectivity index (χ3n) is 6.04. The van der Waals surface area contributed by atoms with Crippen molar-refractivity contribution in [3.05, 3.63) is 59.7 Å². The Kier molecular flexibility index (Phi) is 6.33. The molecule has 0 atom stereocenters. The number of benzene rings is 2. The van der Waals surface area contributed by atoms with Crippen molar-refractivity contribution in [3.63, 3.8) is 0 Å². The van der Waals surface area contributed by atoms with Gasteiger partial charge in [-0.05, 0) is 54.9 Å². The van der Waals surface area contributed by atoms with Gasteiger partial charge < -0.3 is 20.0 Å². The molecule has 158 valence electrons. The summed E-state index contributed by atoms with van der Waals surface area (Å²) >= 11 is 0. The average Bonchev–Trinajstić information content (AvgIpc) is 3.19. The van der Waals surface area contributed by atoms with Crippen LogP contribution in [-0.2, 0) is 11.3 Å². The predicted molar refractivity (Wildman–Crippen MR) is 120 cm³/mol. The average molecular weight is 407 g/mol. The summed E-state index contributed by atoms with van der Waals surface area (Å²) in [6.45, 7) is 8.93. The maximum Gasteiger partial charge on any atom is 0.255 e. The summed E-state index contributed by atoms with van der Waals surface area (Å²) in [6.07, 6.45) is 1.55. The molecule has 0 aliphatic carbocycles. The summed E-state index contributed by atoms with van der Waals surface area (Å²) in [5, 5.41) is 2.99. The van der Waals surface area contributed by atoms with Crippen molar-refractivity contribution in [2.24, 2.45) is 0 Å². The van der Waals surface area contributed by atoms with E-state index in [-0.39, 0.29) is 11.8 Å². The van der Waals surface area contributed by atoms with Crippen molar-refractivity contribution in [3.8, 4) is 0 Å². The maximum atomic E-state index is 12.7. The number of piperazine rings is 1. The van der Waals surface area contributed by atoms with Gasteiger partial charge in [0.1, 0.15) is 0 Å². The number of hydrogen-bond acceptors (Lipinski definition) is 4. The fourth-order valence-corrected chi connectivity index (χ4v) is 4.18. The van der Waals surface area contributed by atoms with E-state index >= 15 is 0 Å². The lowest BCUT2D eigenvalue weighted by Gasteiger charge is -2.35. The van der Waals surface area contributed by atoms with Gasteiger partial charge >= 0.3 is 0 Å². The van der Waals surface area contributed by atoms with E-state index in [4.69, 9.17) is 0 Å². The third kappa shape index (κ3) is 4.82. The second kappa shape index (κ2) is 9.30. The highest BCUT2D eigenvalue weighted by Gasteiger charge is 2.20. The molecule has 0 unspecified atom stereocenters. The second-order valence-electron chi connectivity index (χ2n) is 8.04. The zero-order valence-electron chi connectivity index (χ0n) is 17.6. The fraction of sp³-hybridized carbons (Fsp3) is 0.417. The standard InChI is InChI=1S/C24H30N4O2/c1-2-26-13-15-27(16-14-26)22-10-8-21(9-11-22)25-24(30)20-6-3-5-19(17-20)18-28-12-4-7-23(28)29/h3,5-6,8-11,17H,2,4,7,12-16,18H2,1H3,(H,25,30). The highest BCUT2D eigenvalue weighted by atomic mass is 16.2. The normalized spacial score (nSPS) is 17.4. The lowest BCUT2D eigenvalue weighted by atomic mass is 10.1. The number of amides is 2. The first-order valence-electron chi connectivity index (χ1n) is 10.9. The van der Waals surface area contributed by atoms with Crippen LogP contribution in [0.15, 0.2) is 48.5 Å². The quantitative estimate of drug-likeness (QED) is 0.800. The van der Waals surface area contributed by atoms with Crippen molar-refractivity contribution in [2.45, 2.75) is 26.3 Å². The Morgan fingerprint density at radius 2 is 1.77 bits per heavy atom. The van der Waals surface area contributed by atoms with Crippen LogP contribution in [0.1, 0.15) is 35.7 Å². The molecule has 0 saturated carbocycles. The van der Waals surface area contributed by atoms with Crippen molar-refractivity contribution >= 4 is 23.2 Å². The lowest BCUT2D eigenvalue weighted by molar-refractivity contribution is -0.128. The number of nitrogens with zero attached hydrogens (tertiary/aromatic N) is 3. The molecular formula is C24H30N4O2. The number of likely N-dealkylation sites (tertiary alicyclic amines) is 1. The van der Waals surface area contributed by atoms with Crippen LogP contribution in [-0.4, -0.2) is 60.9 Å². The van der Waals surface area contributed by atoms with Crippen molar-refractivity contribution in [2.75, 3.05) is 49.5 Å². The van der Waals surface area contributed by atoms with E-state index < -0.39 is 0 Å². The van der Waals surface area contributed by atoms with E-state index in [0.29, 0.717) is 18.5 Å². The molecule has 2 aliphatic rings. The van der Waals surface area contributed by atoms with Crippen LogP contribution >= 0.6 is 0 Å². The molecule has 2 aromatic carbocycles. The molecule has 4 rings (SSSR count). The molecule has 1 N–H and O–H groups in total. The van der Waals surface area contributed by atoms with Crippen molar-refractivity contribution < 1.29 is 9.59 Å². The summed E-state index contributed by atoms with van der Waals surface area (Å²) in [4.78, 5) is 31.3. The minimum Gasteiger partial charge on any atom is -0.369 e. The van der Waals surface area contributed by atoms with Crippen LogP contribution in [0.25, 0.3) is 0 Å². The Labute approximate surface area is 178 Å². The van der Waals surface area contributed by atoms with Crippen molar-refractivity contribution in [1.29, 1.82) is 0 Å². The summed E-state index contributed by atoms with van der Waals surface area (Å²) in [5.41, 5.74) is 3.58. The van der Waals surface area contributed by atoms with Crippen LogP contribution < -0.4 is 10.2 Å². The highest BCUT2D eigenvalue weighted by molar-refractivity contribution is 6.04. The van der Waals surface area contributed by atoms with Crippen LogP contribution in [0.5, 0.6) is 0 Å². The van der Waals surface area contributed by atoms with Crippen LogP contribution in [0.2, 0.25) is 0 Å². The zero-order chi connectivity index (χ0) is 20.9. The number of likely N-dealkylation sites (N-methyl/N-ethyl adjacent to an activating group) is 1. The number of nitrogens with one attached hydrogen (secondary N) is 1. The summed E-state index contributed by atoms with van der Waals surface area (Å²) in [5.74, 6) is 0.0648. The summed E-state index contributed by atoms with van der Waals surface area (Å²) in [7, 11) is 0. The molecule has 0 bridgehead atoms. The lowest BCUT2D eigenvalue weighted by Crippen LogP contribution is -2.46. The van der Waals surface area contributed by atoms with E-state index in [1.165, 1.54) is 5.69 Å². The SMILES string of the molecule is CCN1CCN(c2ccc(NC(=O)c3cccc(CN4CCCC4=O)c3)cc2)CC1. The van der Waals surface area contributed by atoms with Gasteiger partial charge in [0, 0.05) is 62.6 Å². The van der Waals surface area contributed by atoms with Gasteiger partial charge in [0.05, 0.1) is 0 Å². The summed E-state index contributed by atoms with van der Waals surface area (Å²) < 4.78 is 0. The van der Waals surface area contributed by atoms with Crippen LogP contribution in [0.4, 0.5) is 11.4 Å². The molecule has 2 amide bonds. The molecule has 6 nitrogen and oxygen atoms in total. The molecule has 30 heavy (non-hydrogen) atoms. The van der Waals surface area contributed by atoms with Gasteiger partial charge in [0.2, 0.25) is 5.91 Å². The largest absolute Gasteiger partial charge is 0.369 e. The van der Waals surface area contributed by atoms with E-state index in [9.17, 15) is 9.59 Å². The number of hydrogen-bond donors (Lipinski definition) is 1. The molecule has 2 aromatic rings. The maximum absolute atomic E-state index is 12.7. The predicted octanol–water partition coefficient (Wildman–Crippen LogP) is 3.20. The Bertz CT molecular complexity index is 888. The molecule has 0 aromatic heterocycles. The first-order chi connectivity index (χ1) is 14.6. The van der Waals surface area contributed by atoms with Gasteiger partial charge in [-0.15, -0.1) is 0 Å². The van der Waals surface area contributed by atoms with Gasteiger partial charge in [-0.3, -0.25) is 9.59 Å².